The van der Waals surface area contributed by atoms with Crippen LogP contribution in [0.5, 0.6) is 0 Å². The Balaban J connectivity index is 1.19. The molecule has 3 aliphatic heterocycles. The van der Waals surface area contributed by atoms with Gasteiger partial charge in [0.05, 0.1) is 18.1 Å². The Bertz CT molecular complexity index is 1380. The Morgan fingerprint density at radius 2 is 1.57 bits per heavy atom. The second kappa shape index (κ2) is 11.8. The van der Waals surface area contributed by atoms with E-state index in [0.29, 0.717) is 12.5 Å². The first-order valence-corrected chi connectivity index (χ1v) is 17.1. The zero-order valence-electron chi connectivity index (χ0n) is 24.7. The molecule has 3 aliphatic rings. The first-order valence-electron chi connectivity index (χ1n) is 15.2. The molecule has 7 heteroatoms. The molecule has 5 unspecified atom stereocenters. The summed E-state index contributed by atoms with van der Waals surface area (Å²) in [6, 6.07) is 29.6. The maximum atomic E-state index is 11.5. The molecular formula is C35H41NO5Si. The number of hydrogen-bond acceptors (Lipinski definition) is 5. The fraction of sp³-hybridized carbons (Fsp3) is 0.429. The molecule has 2 fully saturated rings. The quantitative estimate of drug-likeness (QED) is 0.339. The first kappa shape index (κ1) is 28.8. The number of aliphatic carboxylic acids is 1. The van der Waals surface area contributed by atoms with Crippen molar-refractivity contribution in [2.75, 3.05) is 13.2 Å². The van der Waals surface area contributed by atoms with Crippen molar-refractivity contribution in [3.63, 3.8) is 0 Å². The van der Waals surface area contributed by atoms with Crippen LogP contribution in [0.2, 0.25) is 5.04 Å². The summed E-state index contributed by atoms with van der Waals surface area (Å²) in [6.45, 7) is 7.68. The highest BCUT2D eigenvalue weighted by Crippen LogP contribution is 2.46. The van der Waals surface area contributed by atoms with E-state index in [1.807, 2.05) is 0 Å². The second-order valence-corrected chi connectivity index (χ2v) is 17.2. The van der Waals surface area contributed by atoms with E-state index >= 15 is 0 Å². The van der Waals surface area contributed by atoms with Crippen LogP contribution in [0.15, 0.2) is 89.9 Å². The van der Waals surface area contributed by atoms with Gasteiger partial charge >= 0.3 is 5.97 Å². The molecule has 220 valence electrons. The smallest absolute Gasteiger partial charge is 0.332 e. The maximum absolute atomic E-state index is 11.5. The predicted molar refractivity (Wildman–Crippen MR) is 167 cm³/mol. The average Bonchev–Trinajstić information content (AvgIpc) is 3.73. The molecular weight excluding hydrogens is 542 g/mol. The Kier molecular flexibility index (Phi) is 8.09. The average molecular weight is 584 g/mol. The zero-order valence-corrected chi connectivity index (χ0v) is 25.7. The fourth-order valence-electron chi connectivity index (χ4n) is 7.34. The Morgan fingerprint density at radius 1 is 0.929 bits per heavy atom. The summed E-state index contributed by atoms with van der Waals surface area (Å²) in [7, 11) is -2.58. The van der Waals surface area contributed by atoms with Gasteiger partial charge in [-0.15, -0.1) is 0 Å². The van der Waals surface area contributed by atoms with Gasteiger partial charge in [-0.3, -0.25) is 0 Å². The minimum Gasteiger partial charge on any atom is -0.480 e. The lowest BCUT2D eigenvalue weighted by molar-refractivity contribution is -0.138. The van der Waals surface area contributed by atoms with Crippen molar-refractivity contribution in [3.05, 3.63) is 96.1 Å². The van der Waals surface area contributed by atoms with Crippen molar-refractivity contribution < 1.29 is 23.8 Å². The van der Waals surface area contributed by atoms with E-state index in [4.69, 9.17) is 13.9 Å². The molecule has 0 aliphatic carbocycles. The van der Waals surface area contributed by atoms with Crippen molar-refractivity contribution in [2.45, 2.75) is 69.7 Å². The van der Waals surface area contributed by atoms with Crippen LogP contribution < -0.4 is 10.4 Å². The van der Waals surface area contributed by atoms with E-state index in [2.05, 4.69) is 111 Å². The van der Waals surface area contributed by atoms with E-state index in [-0.39, 0.29) is 35.7 Å². The summed E-state index contributed by atoms with van der Waals surface area (Å²) < 4.78 is 19.3. The topological polar surface area (TPSA) is 77.4 Å². The number of nitrogens with zero attached hydrogens (tertiary/aromatic N) is 1. The summed E-state index contributed by atoms with van der Waals surface area (Å²) in [6.07, 6.45) is 3.92. The highest BCUT2D eigenvalue weighted by molar-refractivity contribution is 6.99. The third-order valence-corrected chi connectivity index (χ3v) is 14.3. The number of aliphatic imine (C=N–C) groups is 1. The van der Waals surface area contributed by atoms with Crippen molar-refractivity contribution in [1.29, 1.82) is 0 Å². The van der Waals surface area contributed by atoms with Gasteiger partial charge in [0.25, 0.3) is 8.32 Å². The minimum absolute atomic E-state index is 0.0234. The lowest BCUT2D eigenvalue weighted by Gasteiger charge is -2.43. The van der Waals surface area contributed by atoms with E-state index in [1.165, 1.54) is 21.5 Å². The van der Waals surface area contributed by atoms with E-state index in [0.717, 1.165) is 25.7 Å². The van der Waals surface area contributed by atoms with Gasteiger partial charge in [0, 0.05) is 12.5 Å². The predicted octanol–water partition coefficient (Wildman–Crippen LogP) is 5.02. The molecule has 0 aromatic heterocycles. The minimum atomic E-state index is -2.58. The summed E-state index contributed by atoms with van der Waals surface area (Å²) in [4.78, 5) is 15.9. The molecule has 0 saturated carbocycles. The van der Waals surface area contributed by atoms with Gasteiger partial charge in [0.15, 0.2) is 11.9 Å². The Labute approximate surface area is 249 Å². The van der Waals surface area contributed by atoms with Crippen LogP contribution in [0.4, 0.5) is 0 Å². The Hall–Kier alpha value is -3.26. The molecule has 42 heavy (non-hydrogen) atoms. The number of carboxylic acid groups (broad SMARTS) is 1. The second-order valence-electron chi connectivity index (χ2n) is 12.9. The third-order valence-electron chi connectivity index (χ3n) is 9.26. The van der Waals surface area contributed by atoms with Gasteiger partial charge in [0.1, 0.15) is 6.61 Å². The van der Waals surface area contributed by atoms with Gasteiger partial charge in [-0.05, 0) is 52.2 Å². The molecule has 3 aromatic carbocycles. The van der Waals surface area contributed by atoms with Crippen molar-refractivity contribution in [2.24, 2.45) is 16.8 Å². The largest absolute Gasteiger partial charge is 0.480 e. The molecule has 3 heterocycles. The molecule has 6 nitrogen and oxygen atoms in total. The van der Waals surface area contributed by atoms with Crippen LogP contribution >= 0.6 is 0 Å². The zero-order chi connectivity index (χ0) is 29.3. The maximum Gasteiger partial charge on any atom is 0.332 e. The van der Waals surface area contributed by atoms with Crippen LogP contribution in [-0.4, -0.2) is 56.8 Å². The number of carboxylic acids is 1. The lowest BCUT2D eigenvalue weighted by atomic mass is 9.76. The van der Waals surface area contributed by atoms with Crippen LogP contribution in [0.25, 0.3) is 0 Å². The molecule has 2 saturated heterocycles. The van der Waals surface area contributed by atoms with Gasteiger partial charge in [0.2, 0.25) is 0 Å². The third kappa shape index (κ3) is 5.46. The van der Waals surface area contributed by atoms with Gasteiger partial charge < -0.3 is 19.0 Å². The number of ether oxygens (including phenoxy) is 2. The number of benzene rings is 3. The van der Waals surface area contributed by atoms with Crippen molar-refractivity contribution in [1.82, 2.24) is 0 Å². The SMILES string of the molecule is CC(C)(C)[Si](OCCc1cccc(CC2C3CCC(O3)C2C2=NC(C(=O)O)CO2)c1)(c1ccccc1)c1ccccc1. The van der Waals surface area contributed by atoms with Gasteiger partial charge in [-0.1, -0.05) is 106 Å². The van der Waals surface area contributed by atoms with Crippen LogP contribution in [0.1, 0.15) is 44.7 Å². The summed E-state index contributed by atoms with van der Waals surface area (Å²) >= 11 is 0. The molecule has 2 bridgehead atoms. The van der Waals surface area contributed by atoms with Gasteiger partial charge in [-0.2, -0.15) is 0 Å². The van der Waals surface area contributed by atoms with Crippen molar-refractivity contribution >= 4 is 30.6 Å². The first-order chi connectivity index (χ1) is 20.3. The van der Waals surface area contributed by atoms with Crippen LogP contribution in [-0.2, 0) is 31.5 Å². The van der Waals surface area contributed by atoms with Crippen LogP contribution in [0, 0.1) is 11.8 Å². The number of fused-ring (bicyclic) bond motifs is 2. The number of hydrogen-bond donors (Lipinski definition) is 1. The molecule has 5 atom stereocenters. The molecule has 1 N–H and O–H groups in total. The molecule has 3 aromatic rings. The lowest BCUT2D eigenvalue weighted by Crippen LogP contribution is -2.66. The number of rotatable bonds is 10. The number of carbonyl (C=O) groups is 1. The van der Waals surface area contributed by atoms with Crippen molar-refractivity contribution in [3.8, 4) is 0 Å². The highest BCUT2D eigenvalue weighted by Gasteiger charge is 2.53. The normalized spacial score (nSPS) is 25.3. The Morgan fingerprint density at radius 3 is 2.19 bits per heavy atom. The molecule has 6 rings (SSSR count). The fourth-order valence-corrected chi connectivity index (χ4v) is 11.9. The molecule has 0 amide bonds. The summed E-state index contributed by atoms with van der Waals surface area (Å²) in [5, 5.41) is 11.9. The van der Waals surface area contributed by atoms with E-state index in [1.54, 1.807) is 0 Å². The highest BCUT2D eigenvalue weighted by atomic mass is 28.4. The summed E-state index contributed by atoms with van der Waals surface area (Å²) in [5.41, 5.74) is 2.52. The van der Waals surface area contributed by atoms with E-state index < -0.39 is 20.3 Å². The van der Waals surface area contributed by atoms with Crippen LogP contribution in [0.3, 0.4) is 0 Å². The van der Waals surface area contributed by atoms with Gasteiger partial charge in [-0.25, -0.2) is 9.79 Å². The summed E-state index contributed by atoms with van der Waals surface area (Å²) in [5.74, 6) is -0.0954. The molecule has 0 spiro atoms. The monoisotopic (exact) mass is 583 g/mol. The standard InChI is InChI=1S/C35H41NO5Si/c1-35(2,3)42(26-13-6-4-7-14-26,27-15-8-5-9-16-27)40-20-19-24-11-10-12-25(21-24)22-28-30-17-18-31(41-30)32(28)33-36-29(23-39-33)34(37)38/h4-16,21,28-32H,17-20,22-23H2,1-3H3,(H,37,38). The van der Waals surface area contributed by atoms with E-state index in [9.17, 15) is 9.90 Å². The molecule has 0 radical (unpaired) electrons.